The molecule has 1 atom stereocenters. The van der Waals surface area contributed by atoms with E-state index in [1.54, 1.807) is 30.3 Å². The first-order valence-corrected chi connectivity index (χ1v) is 7.26. The second kappa shape index (κ2) is 6.13. The van der Waals surface area contributed by atoms with Gasteiger partial charge in [0.2, 0.25) is 0 Å². The Balaban J connectivity index is 1.65. The van der Waals surface area contributed by atoms with Gasteiger partial charge in [0, 0.05) is 38.6 Å². The number of rotatable bonds is 4. The number of nitrogens with zero attached hydrogens (tertiary/aromatic N) is 3. The molecule has 0 bridgehead atoms. The van der Waals surface area contributed by atoms with Crippen LogP contribution in [0.3, 0.4) is 0 Å². The van der Waals surface area contributed by atoms with Crippen molar-refractivity contribution in [1.82, 2.24) is 14.9 Å². The summed E-state index contributed by atoms with van der Waals surface area (Å²) < 4.78 is 6.90. The molecule has 6 heteroatoms. The summed E-state index contributed by atoms with van der Waals surface area (Å²) >= 11 is 0. The number of furan rings is 1. The predicted octanol–water partition coefficient (Wildman–Crippen LogP) is 1.13. The molecule has 1 saturated heterocycles. The summed E-state index contributed by atoms with van der Waals surface area (Å²) in [6.45, 7) is 2.39. The highest BCUT2D eigenvalue weighted by Gasteiger charge is 2.22. The van der Waals surface area contributed by atoms with Crippen LogP contribution in [0.25, 0.3) is 0 Å². The molecule has 0 amide bonds. The van der Waals surface area contributed by atoms with Crippen molar-refractivity contribution in [3.8, 4) is 0 Å². The van der Waals surface area contributed by atoms with Crippen molar-refractivity contribution in [3.05, 3.63) is 46.9 Å². The Bertz CT molecular complexity index is 635. The van der Waals surface area contributed by atoms with Gasteiger partial charge < -0.3 is 19.2 Å². The van der Waals surface area contributed by atoms with Gasteiger partial charge in [0.1, 0.15) is 5.76 Å². The fraction of sp³-hybridized carbons (Fsp3) is 0.467. The Morgan fingerprint density at radius 1 is 1.52 bits per heavy atom. The van der Waals surface area contributed by atoms with E-state index in [-0.39, 0.29) is 5.56 Å². The summed E-state index contributed by atoms with van der Waals surface area (Å²) in [4.78, 5) is 18.5. The zero-order chi connectivity index (χ0) is 14.7. The molecule has 21 heavy (non-hydrogen) atoms. The smallest absolute Gasteiger partial charge is 0.293 e. The van der Waals surface area contributed by atoms with E-state index in [1.165, 1.54) is 0 Å². The fourth-order valence-electron chi connectivity index (χ4n) is 2.70. The Hall–Kier alpha value is -2.08. The van der Waals surface area contributed by atoms with Gasteiger partial charge in [-0.3, -0.25) is 4.79 Å². The molecule has 112 valence electrons. The minimum Gasteiger partial charge on any atom is -0.468 e. The van der Waals surface area contributed by atoms with Crippen LogP contribution in [0, 0.1) is 0 Å². The summed E-state index contributed by atoms with van der Waals surface area (Å²) in [6.07, 6.45) is 7.20. The number of aryl methyl sites for hydroxylation is 1. The molecule has 0 unspecified atom stereocenters. The molecule has 0 aliphatic carbocycles. The van der Waals surface area contributed by atoms with Gasteiger partial charge in [0.15, 0.2) is 5.82 Å². The number of hydrogen-bond acceptors (Lipinski definition) is 5. The zero-order valence-corrected chi connectivity index (χ0v) is 12.2. The normalized spacial score (nSPS) is 18.9. The first-order valence-electron chi connectivity index (χ1n) is 7.26. The van der Waals surface area contributed by atoms with Crippen LogP contribution in [0.15, 0.2) is 40.0 Å². The number of hydrogen-bond donors (Lipinski definition) is 1. The number of anilines is 1. The summed E-state index contributed by atoms with van der Waals surface area (Å²) in [6, 6.07) is 4.19. The first kappa shape index (κ1) is 13.9. The van der Waals surface area contributed by atoms with Gasteiger partial charge in [-0.25, -0.2) is 4.98 Å². The summed E-state index contributed by atoms with van der Waals surface area (Å²) in [5.41, 5.74) is -0.0378. The molecule has 0 spiro atoms. The molecule has 2 aromatic rings. The molecule has 3 heterocycles. The van der Waals surface area contributed by atoms with Crippen molar-refractivity contribution >= 4 is 5.82 Å². The lowest BCUT2D eigenvalue weighted by atomic mass is 10.1. The van der Waals surface area contributed by atoms with Gasteiger partial charge in [-0.15, -0.1) is 0 Å². The zero-order valence-electron chi connectivity index (χ0n) is 12.2. The van der Waals surface area contributed by atoms with Crippen LogP contribution in [-0.4, -0.2) is 28.7 Å². The average molecular weight is 288 g/mol. The number of aromatic nitrogens is 2. The monoisotopic (exact) mass is 288 g/mol. The van der Waals surface area contributed by atoms with Gasteiger partial charge in [-0.05, 0) is 25.0 Å². The molecule has 1 fully saturated rings. The van der Waals surface area contributed by atoms with Crippen molar-refractivity contribution < 1.29 is 4.42 Å². The van der Waals surface area contributed by atoms with E-state index in [2.05, 4.69) is 15.2 Å². The number of nitrogens with one attached hydrogen (secondary N) is 1. The van der Waals surface area contributed by atoms with E-state index in [9.17, 15) is 4.79 Å². The minimum absolute atomic E-state index is 0.0378. The molecule has 0 saturated carbocycles. The number of piperidine rings is 1. The van der Waals surface area contributed by atoms with E-state index in [0.717, 1.165) is 31.7 Å². The molecule has 1 N–H and O–H groups in total. The molecule has 1 aliphatic rings. The topological polar surface area (TPSA) is 63.3 Å². The van der Waals surface area contributed by atoms with Gasteiger partial charge in [0.25, 0.3) is 5.56 Å². The first-order chi connectivity index (χ1) is 10.2. The standard InChI is InChI=1S/C15H20N4O2/c1-18-8-6-16-14(15(18)20)19-7-2-4-12(11-19)17-10-13-5-3-9-21-13/h3,5-6,8-9,12,17H,2,4,7,10-11H2,1H3/t12-/m0/s1. The van der Waals surface area contributed by atoms with Crippen LogP contribution in [-0.2, 0) is 13.6 Å². The van der Waals surface area contributed by atoms with Crippen LogP contribution >= 0.6 is 0 Å². The molecule has 0 aromatic carbocycles. The van der Waals surface area contributed by atoms with Gasteiger partial charge >= 0.3 is 0 Å². The third-order valence-electron chi connectivity index (χ3n) is 3.86. The second-order valence-corrected chi connectivity index (χ2v) is 5.41. The Kier molecular flexibility index (Phi) is 4.06. The molecule has 1 aliphatic heterocycles. The summed E-state index contributed by atoms with van der Waals surface area (Å²) in [7, 11) is 1.75. The van der Waals surface area contributed by atoms with Crippen LogP contribution in [0.4, 0.5) is 5.82 Å². The van der Waals surface area contributed by atoms with Crippen LogP contribution in [0.2, 0.25) is 0 Å². The maximum atomic E-state index is 12.1. The molecular weight excluding hydrogens is 268 g/mol. The molecule has 0 radical (unpaired) electrons. The van der Waals surface area contributed by atoms with Crippen molar-refractivity contribution in [2.75, 3.05) is 18.0 Å². The highest BCUT2D eigenvalue weighted by molar-refractivity contribution is 5.36. The summed E-state index contributed by atoms with van der Waals surface area (Å²) in [5, 5.41) is 3.49. The second-order valence-electron chi connectivity index (χ2n) is 5.41. The van der Waals surface area contributed by atoms with Crippen LogP contribution in [0.1, 0.15) is 18.6 Å². The van der Waals surface area contributed by atoms with E-state index in [0.29, 0.717) is 18.4 Å². The van der Waals surface area contributed by atoms with Crippen LogP contribution < -0.4 is 15.8 Å². The summed E-state index contributed by atoms with van der Waals surface area (Å²) in [5.74, 6) is 1.48. The largest absolute Gasteiger partial charge is 0.468 e. The van der Waals surface area contributed by atoms with Gasteiger partial charge in [0.05, 0.1) is 12.8 Å². The minimum atomic E-state index is -0.0378. The molecule has 2 aromatic heterocycles. The Labute approximate surface area is 123 Å². The van der Waals surface area contributed by atoms with E-state index in [4.69, 9.17) is 4.42 Å². The maximum Gasteiger partial charge on any atom is 0.293 e. The predicted molar refractivity (Wildman–Crippen MR) is 80.3 cm³/mol. The van der Waals surface area contributed by atoms with E-state index in [1.807, 2.05) is 12.1 Å². The Morgan fingerprint density at radius 3 is 3.24 bits per heavy atom. The van der Waals surface area contributed by atoms with Gasteiger partial charge in [-0.1, -0.05) is 0 Å². The van der Waals surface area contributed by atoms with E-state index < -0.39 is 0 Å². The lowest BCUT2D eigenvalue weighted by Crippen LogP contribution is -2.47. The average Bonchev–Trinajstić information content (AvgIpc) is 3.02. The van der Waals surface area contributed by atoms with Gasteiger partial charge in [-0.2, -0.15) is 0 Å². The molecule has 6 nitrogen and oxygen atoms in total. The Morgan fingerprint density at radius 2 is 2.43 bits per heavy atom. The molecule has 3 rings (SSSR count). The van der Waals surface area contributed by atoms with Crippen molar-refractivity contribution in [2.45, 2.75) is 25.4 Å². The highest BCUT2D eigenvalue weighted by Crippen LogP contribution is 2.15. The highest BCUT2D eigenvalue weighted by atomic mass is 16.3. The quantitative estimate of drug-likeness (QED) is 0.914. The van der Waals surface area contributed by atoms with Crippen molar-refractivity contribution in [2.24, 2.45) is 7.05 Å². The lowest BCUT2D eigenvalue weighted by molar-refractivity contribution is 0.393. The van der Waals surface area contributed by atoms with Crippen molar-refractivity contribution in [1.29, 1.82) is 0 Å². The third-order valence-corrected chi connectivity index (χ3v) is 3.86. The lowest BCUT2D eigenvalue weighted by Gasteiger charge is -2.33. The SMILES string of the molecule is Cn1ccnc(N2CCC[C@H](NCc3ccco3)C2)c1=O. The maximum absolute atomic E-state index is 12.1. The van der Waals surface area contributed by atoms with Crippen LogP contribution in [0.5, 0.6) is 0 Å². The molecular formula is C15H20N4O2. The third kappa shape index (κ3) is 3.16. The van der Waals surface area contributed by atoms with E-state index >= 15 is 0 Å². The van der Waals surface area contributed by atoms with Crippen molar-refractivity contribution in [3.63, 3.8) is 0 Å². The fourth-order valence-corrected chi connectivity index (χ4v) is 2.70.